The van der Waals surface area contributed by atoms with Crippen LogP contribution in [0.1, 0.15) is 0 Å². The van der Waals surface area contributed by atoms with Gasteiger partial charge in [0.05, 0.1) is 13.2 Å². The lowest BCUT2D eigenvalue weighted by molar-refractivity contribution is -0.112. The van der Waals surface area contributed by atoms with Crippen molar-refractivity contribution in [3.63, 3.8) is 0 Å². The molecule has 0 spiro atoms. The largest absolute Gasteiger partial charge is 0.394 e. The number of methoxy groups -OCH3 is 2. The molecule has 0 heterocycles. The fraction of sp³-hybridized carbons (Fsp3) is 1.00. The highest BCUT2D eigenvalue weighted by Gasteiger charge is 2.25. The van der Waals surface area contributed by atoms with Gasteiger partial charge in [0.1, 0.15) is 18.3 Å². The van der Waals surface area contributed by atoms with Crippen molar-refractivity contribution in [1.82, 2.24) is 0 Å². The number of hydrogen-bond acceptors (Lipinski definition) is 5. The van der Waals surface area contributed by atoms with Crippen LogP contribution in [0.25, 0.3) is 0 Å². The van der Waals surface area contributed by atoms with Crippen LogP contribution in [0.4, 0.5) is 0 Å². The van der Waals surface area contributed by atoms with Gasteiger partial charge < -0.3 is 24.8 Å². The summed E-state index contributed by atoms with van der Waals surface area (Å²) >= 11 is 0. The Hall–Kier alpha value is -0.200. The molecule has 0 aromatic carbocycles. The molecule has 0 saturated carbocycles. The summed E-state index contributed by atoms with van der Waals surface area (Å²) in [5.41, 5.74) is 0. The zero-order chi connectivity index (χ0) is 9.56. The standard InChI is InChI=1S/C7H16O5/c1-11-4-6(10)7(12-2)5(9)3-8/h5-10H,3-4H2,1-2H3/t5-,6-,7+/m1/s1. The molecule has 0 aliphatic rings. The van der Waals surface area contributed by atoms with E-state index >= 15 is 0 Å². The van der Waals surface area contributed by atoms with Gasteiger partial charge in [-0.15, -0.1) is 0 Å². The molecule has 5 nitrogen and oxygen atoms in total. The summed E-state index contributed by atoms with van der Waals surface area (Å²) in [5, 5.41) is 27.0. The molecule has 3 N–H and O–H groups in total. The molecule has 0 aliphatic heterocycles. The van der Waals surface area contributed by atoms with Crippen LogP contribution in [-0.4, -0.2) is 61.1 Å². The summed E-state index contributed by atoms with van der Waals surface area (Å²) in [6, 6.07) is 0. The molecule has 5 heteroatoms. The predicted molar refractivity (Wildman–Crippen MR) is 41.8 cm³/mol. The van der Waals surface area contributed by atoms with Gasteiger partial charge in [0, 0.05) is 14.2 Å². The van der Waals surface area contributed by atoms with Crippen LogP contribution in [0, 0.1) is 0 Å². The van der Waals surface area contributed by atoms with Crippen LogP contribution in [0.5, 0.6) is 0 Å². The second-order valence-corrected chi connectivity index (χ2v) is 2.47. The second-order valence-electron chi connectivity index (χ2n) is 2.47. The molecule has 0 aromatic rings. The van der Waals surface area contributed by atoms with Crippen LogP contribution < -0.4 is 0 Å². The summed E-state index contributed by atoms with van der Waals surface area (Å²) in [5.74, 6) is 0. The van der Waals surface area contributed by atoms with Crippen LogP contribution in [0.2, 0.25) is 0 Å². The van der Waals surface area contributed by atoms with Crippen molar-refractivity contribution in [1.29, 1.82) is 0 Å². The summed E-state index contributed by atoms with van der Waals surface area (Å²) < 4.78 is 9.44. The molecule has 12 heavy (non-hydrogen) atoms. The summed E-state index contributed by atoms with van der Waals surface area (Å²) in [6.07, 6.45) is -2.82. The van der Waals surface area contributed by atoms with Gasteiger partial charge in [0.15, 0.2) is 0 Å². The Morgan fingerprint density at radius 2 is 1.75 bits per heavy atom. The van der Waals surface area contributed by atoms with E-state index in [1.807, 2.05) is 0 Å². The maximum absolute atomic E-state index is 9.29. The fourth-order valence-electron chi connectivity index (χ4n) is 0.940. The maximum Gasteiger partial charge on any atom is 0.113 e. The van der Waals surface area contributed by atoms with Crippen molar-refractivity contribution in [2.75, 3.05) is 27.4 Å². The molecular weight excluding hydrogens is 164 g/mol. The highest BCUT2D eigenvalue weighted by Crippen LogP contribution is 2.04. The van der Waals surface area contributed by atoms with Crippen molar-refractivity contribution < 1.29 is 24.8 Å². The van der Waals surface area contributed by atoms with E-state index in [0.29, 0.717) is 0 Å². The van der Waals surface area contributed by atoms with Gasteiger partial charge >= 0.3 is 0 Å². The van der Waals surface area contributed by atoms with Crippen LogP contribution in [0.3, 0.4) is 0 Å². The Morgan fingerprint density at radius 3 is 2.08 bits per heavy atom. The van der Waals surface area contributed by atoms with Gasteiger partial charge in [-0.25, -0.2) is 0 Å². The highest BCUT2D eigenvalue weighted by atomic mass is 16.5. The fourth-order valence-corrected chi connectivity index (χ4v) is 0.940. The molecule has 0 radical (unpaired) electrons. The van der Waals surface area contributed by atoms with Gasteiger partial charge in [0.25, 0.3) is 0 Å². The van der Waals surface area contributed by atoms with Crippen molar-refractivity contribution in [2.45, 2.75) is 18.3 Å². The minimum absolute atomic E-state index is 0.0650. The zero-order valence-corrected chi connectivity index (χ0v) is 7.30. The normalized spacial score (nSPS) is 18.8. The molecule has 0 bridgehead atoms. The van der Waals surface area contributed by atoms with E-state index in [1.54, 1.807) is 0 Å². The Labute approximate surface area is 71.5 Å². The molecule has 0 unspecified atom stereocenters. The van der Waals surface area contributed by atoms with Crippen molar-refractivity contribution in [3.8, 4) is 0 Å². The Bertz CT molecular complexity index is 108. The topological polar surface area (TPSA) is 79.2 Å². The first-order chi connectivity index (χ1) is 5.67. The minimum atomic E-state index is -1.08. The van der Waals surface area contributed by atoms with Gasteiger partial charge in [-0.1, -0.05) is 0 Å². The van der Waals surface area contributed by atoms with Gasteiger partial charge in [-0.3, -0.25) is 0 Å². The average Bonchev–Trinajstić information content (AvgIpc) is 2.06. The number of hydrogen-bond donors (Lipinski definition) is 3. The molecule has 3 atom stereocenters. The lowest BCUT2D eigenvalue weighted by Crippen LogP contribution is -2.43. The number of aliphatic hydroxyl groups is 3. The molecular formula is C7H16O5. The minimum Gasteiger partial charge on any atom is -0.394 e. The number of rotatable bonds is 6. The maximum atomic E-state index is 9.29. The first-order valence-corrected chi connectivity index (χ1v) is 3.66. The summed E-state index contributed by atoms with van der Waals surface area (Å²) in [7, 11) is 2.78. The molecule has 0 rings (SSSR count). The molecule has 0 aromatic heterocycles. The predicted octanol–water partition coefficient (Wildman–Crippen LogP) is -1.64. The first-order valence-electron chi connectivity index (χ1n) is 3.66. The van der Waals surface area contributed by atoms with Gasteiger partial charge in [0.2, 0.25) is 0 Å². The van der Waals surface area contributed by atoms with Crippen molar-refractivity contribution in [2.24, 2.45) is 0 Å². The smallest absolute Gasteiger partial charge is 0.113 e. The summed E-state index contributed by atoms with van der Waals surface area (Å²) in [4.78, 5) is 0. The Kier molecular flexibility index (Phi) is 6.23. The van der Waals surface area contributed by atoms with E-state index in [0.717, 1.165) is 0 Å². The molecule has 0 saturated heterocycles. The lowest BCUT2D eigenvalue weighted by atomic mass is 10.1. The van der Waals surface area contributed by atoms with E-state index < -0.39 is 24.9 Å². The molecule has 74 valence electrons. The van der Waals surface area contributed by atoms with E-state index in [2.05, 4.69) is 4.74 Å². The molecule has 0 fully saturated rings. The van der Waals surface area contributed by atoms with E-state index in [-0.39, 0.29) is 6.61 Å². The third kappa shape index (κ3) is 3.46. The van der Waals surface area contributed by atoms with Gasteiger partial charge in [-0.2, -0.15) is 0 Å². The lowest BCUT2D eigenvalue weighted by Gasteiger charge is -2.24. The molecule has 0 aliphatic carbocycles. The SMILES string of the molecule is COC[C@@H](O)[C@@H](OC)[C@H](O)CO. The average molecular weight is 180 g/mol. The number of ether oxygens (including phenoxy) is 2. The second kappa shape index (κ2) is 6.33. The number of aliphatic hydroxyl groups excluding tert-OH is 3. The van der Waals surface area contributed by atoms with Crippen molar-refractivity contribution >= 4 is 0 Å². The monoisotopic (exact) mass is 180 g/mol. The first kappa shape index (κ1) is 11.8. The zero-order valence-electron chi connectivity index (χ0n) is 7.30. The summed E-state index contributed by atoms with van der Waals surface area (Å²) in [6.45, 7) is -0.380. The van der Waals surface area contributed by atoms with Crippen LogP contribution >= 0.6 is 0 Å². The van der Waals surface area contributed by atoms with Crippen LogP contribution in [0.15, 0.2) is 0 Å². The van der Waals surface area contributed by atoms with E-state index in [1.165, 1.54) is 14.2 Å². The molecule has 0 amide bonds. The van der Waals surface area contributed by atoms with Crippen LogP contribution in [-0.2, 0) is 9.47 Å². The van der Waals surface area contributed by atoms with Gasteiger partial charge in [-0.05, 0) is 0 Å². The van der Waals surface area contributed by atoms with E-state index in [4.69, 9.17) is 14.9 Å². The quantitative estimate of drug-likeness (QED) is 0.457. The Morgan fingerprint density at radius 1 is 1.17 bits per heavy atom. The third-order valence-corrected chi connectivity index (χ3v) is 1.56. The van der Waals surface area contributed by atoms with E-state index in [9.17, 15) is 5.11 Å². The highest BCUT2D eigenvalue weighted by molar-refractivity contribution is 4.75. The third-order valence-electron chi connectivity index (χ3n) is 1.56. The Balaban J connectivity index is 3.94. The van der Waals surface area contributed by atoms with Crippen molar-refractivity contribution in [3.05, 3.63) is 0 Å².